The number of aromatic nitrogens is 2. The standard InChI is InChI=1S/C9H14N2O4S2/c1-7-5-10-9(16-6-8(12)13)11(7)3-4-17(2,14)15/h5H,3-4,6H2,1-2H3,(H,12,13). The van der Waals surface area contributed by atoms with E-state index in [1.54, 1.807) is 17.7 Å². The Bertz CT molecular complexity index is 507. The van der Waals surface area contributed by atoms with Gasteiger partial charge in [0.15, 0.2) is 5.16 Å². The van der Waals surface area contributed by atoms with E-state index in [2.05, 4.69) is 4.98 Å². The summed E-state index contributed by atoms with van der Waals surface area (Å²) >= 11 is 1.08. The van der Waals surface area contributed by atoms with Crippen LogP contribution in [0.3, 0.4) is 0 Å². The molecular weight excluding hydrogens is 264 g/mol. The third-order valence-corrected chi connectivity index (χ3v) is 3.93. The van der Waals surface area contributed by atoms with Crippen LogP contribution in [-0.4, -0.2) is 46.8 Å². The Hall–Kier alpha value is -1.02. The van der Waals surface area contributed by atoms with Crippen molar-refractivity contribution in [3.63, 3.8) is 0 Å². The highest BCUT2D eigenvalue weighted by Crippen LogP contribution is 2.18. The van der Waals surface area contributed by atoms with E-state index in [9.17, 15) is 13.2 Å². The highest BCUT2D eigenvalue weighted by Gasteiger charge is 2.11. The SMILES string of the molecule is Cc1cnc(SCC(=O)O)n1CCS(C)(=O)=O. The molecule has 96 valence electrons. The molecule has 0 saturated carbocycles. The highest BCUT2D eigenvalue weighted by atomic mass is 32.2. The van der Waals surface area contributed by atoms with Gasteiger partial charge in [0.1, 0.15) is 9.84 Å². The molecule has 0 amide bonds. The van der Waals surface area contributed by atoms with Crippen LogP contribution in [0.15, 0.2) is 11.4 Å². The van der Waals surface area contributed by atoms with Gasteiger partial charge in [-0.15, -0.1) is 0 Å². The van der Waals surface area contributed by atoms with Gasteiger partial charge >= 0.3 is 5.97 Å². The molecule has 1 aromatic heterocycles. The van der Waals surface area contributed by atoms with Crippen molar-refractivity contribution in [1.82, 2.24) is 9.55 Å². The van der Waals surface area contributed by atoms with Crippen LogP contribution >= 0.6 is 11.8 Å². The number of sulfone groups is 1. The molecule has 0 unspecified atom stereocenters. The Kier molecular flexibility index (Phi) is 4.58. The van der Waals surface area contributed by atoms with Crippen LogP contribution < -0.4 is 0 Å². The van der Waals surface area contributed by atoms with E-state index in [0.29, 0.717) is 11.7 Å². The van der Waals surface area contributed by atoms with Gasteiger partial charge in [-0.2, -0.15) is 0 Å². The Morgan fingerprint density at radius 2 is 2.24 bits per heavy atom. The number of thioether (sulfide) groups is 1. The summed E-state index contributed by atoms with van der Waals surface area (Å²) in [6.07, 6.45) is 2.77. The summed E-state index contributed by atoms with van der Waals surface area (Å²) in [4.78, 5) is 14.5. The van der Waals surface area contributed by atoms with Crippen molar-refractivity contribution in [2.75, 3.05) is 17.8 Å². The Morgan fingerprint density at radius 1 is 1.59 bits per heavy atom. The number of carbonyl (C=O) groups is 1. The average molecular weight is 278 g/mol. The van der Waals surface area contributed by atoms with Crippen LogP contribution in [0.1, 0.15) is 5.69 Å². The molecule has 0 aliphatic carbocycles. The van der Waals surface area contributed by atoms with Crippen molar-refractivity contribution in [2.24, 2.45) is 0 Å². The van der Waals surface area contributed by atoms with E-state index in [0.717, 1.165) is 17.5 Å². The summed E-state index contributed by atoms with van der Waals surface area (Å²) in [6, 6.07) is 0. The number of aryl methyl sites for hydroxylation is 1. The number of aliphatic carboxylic acids is 1. The Labute approximate surface area is 104 Å². The number of nitrogens with zero attached hydrogens (tertiary/aromatic N) is 2. The maximum absolute atomic E-state index is 11.1. The molecule has 1 N–H and O–H groups in total. The second kappa shape index (κ2) is 5.54. The predicted octanol–water partition coefficient (Wildman–Crippen LogP) is 0.413. The molecule has 1 rings (SSSR count). The topological polar surface area (TPSA) is 89.3 Å². The summed E-state index contributed by atoms with van der Waals surface area (Å²) in [5.41, 5.74) is 0.821. The molecule has 0 aliphatic rings. The fourth-order valence-electron chi connectivity index (χ4n) is 1.21. The molecule has 1 aromatic rings. The van der Waals surface area contributed by atoms with Crippen molar-refractivity contribution in [3.8, 4) is 0 Å². The number of carboxylic acid groups (broad SMARTS) is 1. The Morgan fingerprint density at radius 3 is 2.76 bits per heavy atom. The summed E-state index contributed by atoms with van der Waals surface area (Å²) < 4.78 is 23.9. The molecule has 6 nitrogen and oxygen atoms in total. The van der Waals surface area contributed by atoms with E-state index in [-0.39, 0.29) is 11.5 Å². The molecule has 0 fully saturated rings. The number of rotatable bonds is 6. The molecule has 0 aliphatic heterocycles. The third kappa shape index (κ3) is 4.78. The van der Waals surface area contributed by atoms with Crippen molar-refractivity contribution in [1.29, 1.82) is 0 Å². The van der Waals surface area contributed by atoms with Gasteiger partial charge in [-0.1, -0.05) is 11.8 Å². The Balaban J connectivity index is 2.76. The molecule has 0 aromatic carbocycles. The molecule has 0 radical (unpaired) electrons. The predicted molar refractivity (Wildman–Crippen MR) is 65.0 cm³/mol. The highest BCUT2D eigenvalue weighted by molar-refractivity contribution is 7.99. The van der Waals surface area contributed by atoms with Gasteiger partial charge in [0.25, 0.3) is 0 Å². The van der Waals surface area contributed by atoms with Crippen LogP contribution in [0.2, 0.25) is 0 Å². The maximum atomic E-state index is 11.1. The first-order chi connectivity index (χ1) is 7.79. The minimum Gasteiger partial charge on any atom is -0.481 e. The zero-order valence-corrected chi connectivity index (χ0v) is 11.2. The van der Waals surface area contributed by atoms with Crippen molar-refractivity contribution >= 4 is 27.6 Å². The van der Waals surface area contributed by atoms with Crippen LogP contribution in [-0.2, 0) is 21.2 Å². The lowest BCUT2D eigenvalue weighted by Crippen LogP contribution is -2.13. The number of hydrogen-bond donors (Lipinski definition) is 1. The van der Waals surface area contributed by atoms with Gasteiger partial charge in [-0.3, -0.25) is 4.79 Å². The van der Waals surface area contributed by atoms with Gasteiger partial charge in [0, 0.05) is 24.7 Å². The number of carboxylic acids is 1. The second-order valence-corrected chi connectivity index (χ2v) is 6.85. The largest absolute Gasteiger partial charge is 0.481 e. The number of imidazole rings is 1. The van der Waals surface area contributed by atoms with Crippen LogP contribution in [0.5, 0.6) is 0 Å². The first-order valence-corrected chi connectivity index (χ1v) is 7.88. The minimum absolute atomic E-state index is 0.0187. The van der Waals surface area contributed by atoms with E-state index < -0.39 is 15.8 Å². The van der Waals surface area contributed by atoms with E-state index in [1.807, 2.05) is 0 Å². The van der Waals surface area contributed by atoms with Crippen LogP contribution in [0.25, 0.3) is 0 Å². The lowest BCUT2D eigenvalue weighted by atomic mass is 10.5. The molecule has 0 saturated heterocycles. The van der Waals surface area contributed by atoms with Crippen molar-refractivity contribution in [3.05, 3.63) is 11.9 Å². The third-order valence-electron chi connectivity index (χ3n) is 2.03. The molecule has 0 spiro atoms. The molecule has 0 bridgehead atoms. The fraction of sp³-hybridized carbons (Fsp3) is 0.556. The van der Waals surface area contributed by atoms with Crippen LogP contribution in [0, 0.1) is 6.92 Å². The number of hydrogen-bond acceptors (Lipinski definition) is 5. The first-order valence-electron chi connectivity index (χ1n) is 4.84. The quantitative estimate of drug-likeness (QED) is 0.758. The minimum atomic E-state index is -3.04. The van der Waals surface area contributed by atoms with E-state index >= 15 is 0 Å². The average Bonchev–Trinajstić information content (AvgIpc) is 2.52. The smallest absolute Gasteiger partial charge is 0.313 e. The van der Waals surface area contributed by atoms with Gasteiger partial charge in [-0.05, 0) is 6.92 Å². The van der Waals surface area contributed by atoms with Gasteiger partial charge in [0.2, 0.25) is 0 Å². The van der Waals surface area contributed by atoms with Gasteiger partial charge in [-0.25, -0.2) is 13.4 Å². The van der Waals surface area contributed by atoms with Gasteiger partial charge in [0.05, 0.1) is 11.5 Å². The lowest BCUT2D eigenvalue weighted by molar-refractivity contribution is -0.133. The monoisotopic (exact) mass is 278 g/mol. The molecule has 17 heavy (non-hydrogen) atoms. The van der Waals surface area contributed by atoms with Crippen molar-refractivity contribution < 1.29 is 18.3 Å². The summed E-state index contributed by atoms with van der Waals surface area (Å²) in [6.45, 7) is 2.10. The summed E-state index contributed by atoms with van der Waals surface area (Å²) in [7, 11) is -3.04. The van der Waals surface area contributed by atoms with E-state index in [1.165, 1.54) is 6.26 Å². The molecular formula is C9H14N2O4S2. The fourth-order valence-corrected chi connectivity index (χ4v) is 2.49. The van der Waals surface area contributed by atoms with Crippen LogP contribution in [0.4, 0.5) is 0 Å². The summed E-state index contributed by atoms with van der Waals surface area (Å²) in [5.74, 6) is -0.995. The summed E-state index contributed by atoms with van der Waals surface area (Å²) in [5, 5.41) is 9.11. The molecule has 8 heteroatoms. The normalized spacial score (nSPS) is 11.6. The second-order valence-electron chi connectivity index (χ2n) is 3.65. The lowest BCUT2D eigenvalue weighted by Gasteiger charge is -2.07. The van der Waals surface area contributed by atoms with Gasteiger partial charge < -0.3 is 9.67 Å². The zero-order valence-electron chi connectivity index (χ0n) is 9.58. The van der Waals surface area contributed by atoms with Crippen molar-refractivity contribution in [2.45, 2.75) is 18.6 Å². The molecule has 0 atom stereocenters. The maximum Gasteiger partial charge on any atom is 0.313 e. The first kappa shape index (κ1) is 14.0. The van der Waals surface area contributed by atoms with E-state index in [4.69, 9.17) is 5.11 Å². The zero-order chi connectivity index (χ0) is 13.1. The molecule has 1 heterocycles.